The number of carbonyl (C=O) groups excluding carboxylic acids is 3. The molecule has 1 fully saturated rings. The van der Waals surface area contributed by atoms with Crippen LogP contribution in [0, 0.1) is 0 Å². The molecule has 3 aromatic rings. The normalized spacial score (nSPS) is 16.3. The maximum Gasteiger partial charge on any atom is 0.413 e. The third kappa shape index (κ3) is 7.70. The number of rotatable bonds is 7. The van der Waals surface area contributed by atoms with Crippen molar-refractivity contribution in [1.29, 1.82) is 0 Å². The SMILES string of the molecule is CC(C)(C)OC(=O)Nc1ccc(CNC(=O)/C=C/C2Cc3cc(-c4ccc(C(=O)N5CC(F)C5)cc4)cc(Cl)c3O2)cn1. The fourth-order valence-corrected chi connectivity index (χ4v) is 4.93. The van der Waals surface area contributed by atoms with Crippen LogP contribution in [-0.4, -0.2) is 58.8 Å². The number of benzene rings is 2. The van der Waals surface area contributed by atoms with Crippen LogP contribution in [0.5, 0.6) is 5.75 Å². The average molecular weight is 607 g/mol. The van der Waals surface area contributed by atoms with E-state index in [-0.39, 0.29) is 37.6 Å². The number of aromatic nitrogens is 1. The molecule has 0 saturated carbocycles. The summed E-state index contributed by atoms with van der Waals surface area (Å²) in [7, 11) is 0. The van der Waals surface area contributed by atoms with E-state index in [1.54, 1.807) is 57.3 Å². The number of amides is 3. The second-order valence-corrected chi connectivity index (χ2v) is 11.9. The number of halogens is 2. The Morgan fingerprint density at radius 2 is 1.86 bits per heavy atom. The van der Waals surface area contributed by atoms with Crippen LogP contribution < -0.4 is 15.4 Å². The lowest BCUT2D eigenvalue weighted by molar-refractivity contribution is -0.116. The Morgan fingerprint density at radius 3 is 2.51 bits per heavy atom. The molecule has 1 unspecified atom stereocenters. The van der Waals surface area contributed by atoms with Gasteiger partial charge >= 0.3 is 6.09 Å². The Hall–Kier alpha value is -4.44. The summed E-state index contributed by atoms with van der Waals surface area (Å²) >= 11 is 6.54. The summed E-state index contributed by atoms with van der Waals surface area (Å²) in [4.78, 5) is 42.4. The van der Waals surface area contributed by atoms with E-state index in [4.69, 9.17) is 21.1 Å². The zero-order chi connectivity index (χ0) is 30.7. The Kier molecular flexibility index (Phi) is 8.68. The molecular weight excluding hydrogens is 575 g/mol. The van der Waals surface area contributed by atoms with Gasteiger partial charge in [-0.3, -0.25) is 14.9 Å². The van der Waals surface area contributed by atoms with E-state index < -0.39 is 17.9 Å². The number of ether oxygens (including phenoxy) is 2. The quantitative estimate of drug-likeness (QED) is 0.333. The number of likely N-dealkylation sites (tertiary alicyclic amines) is 1. The van der Waals surface area contributed by atoms with Crippen LogP contribution in [0.25, 0.3) is 11.1 Å². The monoisotopic (exact) mass is 606 g/mol. The van der Waals surface area contributed by atoms with E-state index in [0.717, 1.165) is 22.3 Å². The molecule has 224 valence electrons. The van der Waals surface area contributed by atoms with Crippen LogP contribution in [-0.2, 0) is 22.5 Å². The van der Waals surface area contributed by atoms with Crippen LogP contribution in [0.3, 0.4) is 0 Å². The van der Waals surface area contributed by atoms with Crippen LogP contribution in [0.2, 0.25) is 5.02 Å². The van der Waals surface area contributed by atoms with Crippen molar-refractivity contribution in [3.05, 3.63) is 88.6 Å². The number of alkyl halides is 1. The zero-order valence-electron chi connectivity index (χ0n) is 24.0. The van der Waals surface area contributed by atoms with E-state index in [1.165, 1.54) is 11.0 Å². The van der Waals surface area contributed by atoms with E-state index in [0.29, 0.717) is 28.6 Å². The van der Waals surface area contributed by atoms with Gasteiger partial charge in [0.2, 0.25) is 5.91 Å². The highest BCUT2D eigenvalue weighted by molar-refractivity contribution is 6.32. The largest absolute Gasteiger partial charge is 0.484 e. The van der Waals surface area contributed by atoms with Gasteiger partial charge in [0.1, 0.15) is 29.4 Å². The molecule has 0 bridgehead atoms. The van der Waals surface area contributed by atoms with Gasteiger partial charge in [-0.05, 0) is 73.9 Å². The molecule has 5 rings (SSSR count). The molecule has 43 heavy (non-hydrogen) atoms. The fraction of sp³-hybridized carbons (Fsp3) is 0.312. The van der Waals surface area contributed by atoms with E-state index >= 15 is 0 Å². The highest BCUT2D eigenvalue weighted by Crippen LogP contribution is 2.40. The first kappa shape index (κ1) is 30.0. The lowest BCUT2D eigenvalue weighted by Gasteiger charge is -2.34. The van der Waals surface area contributed by atoms with Crippen molar-refractivity contribution in [2.75, 3.05) is 18.4 Å². The van der Waals surface area contributed by atoms with Crippen molar-refractivity contribution >= 4 is 35.3 Å². The maximum absolute atomic E-state index is 13.1. The van der Waals surface area contributed by atoms with Gasteiger partial charge in [-0.15, -0.1) is 0 Å². The molecule has 2 N–H and O–H groups in total. The summed E-state index contributed by atoms with van der Waals surface area (Å²) in [5.74, 6) is 0.451. The highest BCUT2D eigenvalue weighted by Gasteiger charge is 2.31. The summed E-state index contributed by atoms with van der Waals surface area (Å²) < 4.78 is 24.3. The molecule has 3 heterocycles. The average Bonchev–Trinajstić information content (AvgIpc) is 3.36. The summed E-state index contributed by atoms with van der Waals surface area (Å²) in [6.07, 6.45) is 3.33. The van der Waals surface area contributed by atoms with E-state index in [1.807, 2.05) is 24.3 Å². The minimum atomic E-state index is -0.940. The number of fused-ring (bicyclic) bond motifs is 1. The summed E-state index contributed by atoms with van der Waals surface area (Å²) in [5, 5.41) is 5.82. The Bertz CT molecular complexity index is 1550. The van der Waals surface area contributed by atoms with Gasteiger partial charge in [-0.25, -0.2) is 14.2 Å². The fourth-order valence-electron chi connectivity index (χ4n) is 4.65. The van der Waals surface area contributed by atoms with Crippen LogP contribution in [0.15, 0.2) is 66.9 Å². The van der Waals surface area contributed by atoms with Gasteiger partial charge in [0.15, 0.2) is 0 Å². The van der Waals surface area contributed by atoms with Crippen LogP contribution in [0.1, 0.15) is 42.3 Å². The summed E-state index contributed by atoms with van der Waals surface area (Å²) in [6.45, 7) is 5.85. The number of hydrogen-bond acceptors (Lipinski definition) is 6. The predicted molar refractivity (Wildman–Crippen MR) is 161 cm³/mol. The minimum Gasteiger partial charge on any atom is -0.484 e. The van der Waals surface area contributed by atoms with E-state index in [2.05, 4.69) is 15.6 Å². The summed E-state index contributed by atoms with van der Waals surface area (Å²) in [5.41, 5.74) is 3.33. The molecule has 11 heteroatoms. The van der Waals surface area contributed by atoms with Crippen molar-refractivity contribution in [3.8, 4) is 16.9 Å². The molecular formula is C32H32ClFN4O5. The number of nitrogens with one attached hydrogen (secondary N) is 2. The Balaban J connectivity index is 1.12. The maximum atomic E-state index is 13.1. The van der Waals surface area contributed by atoms with Crippen LogP contribution >= 0.6 is 11.6 Å². The van der Waals surface area contributed by atoms with Crippen molar-refractivity contribution in [3.63, 3.8) is 0 Å². The molecule has 2 aliphatic heterocycles. The van der Waals surface area contributed by atoms with Gasteiger partial charge in [0.25, 0.3) is 5.91 Å². The Labute approximate surface area is 254 Å². The molecule has 1 saturated heterocycles. The molecule has 2 aromatic carbocycles. The zero-order valence-corrected chi connectivity index (χ0v) is 24.8. The molecule has 2 aliphatic rings. The van der Waals surface area contributed by atoms with Crippen molar-refractivity contribution in [1.82, 2.24) is 15.2 Å². The first-order valence-electron chi connectivity index (χ1n) is 13.9. The first-order chi connectivity index (χ1) is 20.4. The number of carbonyl (C=O) groups is 3. The van der Waals surface area contributed by atoms with Crippen molar-refractivity contribution in [2.24, 2.45) is 0 Å². The topological polar surface area (TPSA) is 110 Å². The van der Waals surface area contributed by atoms with Gasteiger partial charge in [-0.1, -0.05) is 29.8 Å². The number of anilines is 1. The van der Waals surface area contributed by atoms with Gasteiger partial charge in [0, 0.05) is 36.4 Å². The number of hydrogen-bond donors (Lipinski definition) is 2. The first-order valence-corrected chi connectivity index (χ1v) is 14.2. The van der Waals surface area contributed by atoms with E-state index in [9.17, 15) is 18.8 Å². The molecule has 0 aliphatic carbocycles. The predicted octanol–water partition coefficient (Wildman–Crippen LogP) is 5.72. The summed E-state index contributed by atoms with van der Waals surface area (Å²) in [6, 6.07) is 14.3. The lowest BCUT2D eigenvalue weighted by Crippen LogP contribution is -2.51. The smallest absolute Gasteiger partial charge is 0.413 e. The number of nitrogens with zero attached hydrogens (tertiary/aromatic N) is 2. The molecule has 1 atom stereocenters. The van der Waals surface area contributed by atoms with Crippen LogP contribution in [0.4, 0.5) is 15.0 Å². The van der Waals surface area contributed by atoms with Gasteiger partial charge < -0.3 is 19.7 Å². The lowest BCUT2D eigenvalue weighted by atomic mass is 9.99. The minimum absolute atomic E-state index is 0.139. The Morgan fingerprint density at radius 1 is 1.12 bits per heavy atom. The standard InChI is InChI=1S/C32H32ClFN4O5/c1-32(2,3)43-31(41)37-27-10-4-19(15-35-27)16-36-28(39)11-9-25-13-23-12-22(14-26(33)29(23)42-25)20-5-7-21(8-6-20)30(40)38-17-24(34)18-38/h4-12,14-15,24-25H,13,16-18H2,1-3H3,(H,36,39)(H,35,37,41)/b11-9+. The second kappa shape index (κ2) is 12.4. The van der Waals surface area contributed by atoms with Crippen molar-refractivity contribution in [2.45, 2.75) is 51.6 Å². The van der Waals surface area contributed by atoms with Gasteiger partial charge in [0.05, 0.1) is 18.1 Å². The highest BCUT2D eigenvalue weighted by atomic mass is 35.5. The second-order valence-electron chi connectivity index (χ2n) is 11.4. The third-order valence-electron chi connectivity index (χ3n) is 6.78. The third-order valence-corrected chi connectivity index (χ3v) is 7.06. The number of pyridine rings is 1. The van der Waals surface area contributed by atoms with Crippen molar-refractivity contribution < 1.29 is 28.2 Å². The molecule has 9 nitrogen and oxygen atoms in total. The molecule has 3 amide bonds. The van der Waals surface area contributed by atoms with Gasteiger partial charge in [-0.2, -0.15) is 0 Å². The molecule has 0 radical (unpaired) electrons. The molecule has 0 spiro atoms. The molecule has 1 aromatic heterocycles.